The van der Waals surface area contributed by atoms with E-state index in [0.29, 0.717) is 12.5 Å². The van der Waals surface area contributed by atoms with Crippen LogP contribution in [0.4, 0.5) is 5.95 Å². The van der Waals surface area contributed by atoms with E-state index in [-0.39, 0.29) is 30.4 Å². The molecule has 6 nitrogen and oxygen atoms in total. The molecule has 2 N–H and O–H groups in total. The van der Waals surface area contributed by atoms with Crippen molar-refractivity contribution in [1.82, 2.24) is 15.3 Å². The minimum Gasteiger partial charge on any atom is -0.394 e. The Morgan fingerprint density at radius 1 is 1.50 bits per heavy atom. The number of rotatable bonds is 6. The van der Waals surface area contributed by atoms with Crippen molar-refractivity contribution in [2.45, 2.75) is 39.2 Å². The van der Waals surface area contributed by atoms with Crippen LogP contribution in [0, 0.1) is 11.8 Å². The van der Waals surface area contributed by atoms with Crippen LogP contribution < -0.4 is 10.2 Å². The van der Waals surface area contributed by atoms with E-state index in [2.05, 4.69) is 27.1 Å². The maximum Gasteiger partial charge on any atom is 0.225 e. The van der Waals surface area contributed by atoms with E-state index in [0.717, 1.165) is 25.8 Å². The van der Waals surface area contributed by atoms with E-state index in [9.17, 15) is 9.90 Å². The number of amides is 1. The molecule has 122 valence electrons. The first-order valence-electron chi connectivity index (χ1n) is 8.08. The summed E-state index contributed by atoms with van der Waals surface area (Å²) in [5.41, 5.74) is 0. The van der Waals surface area contributed by atoms with Crippen LogP contribution in [0.5, 0.6) is 0 Å². The molecule has 2 rings (SSSR count). The van der Waals surface area contributed by atoms with Crippen LogP contribution >= 0.6 is 0 Å². The molecule has 0 spiro atoms. The zero-order chi connectivity index (χ0) is 15.9. The van der Waals surface area contributed by atoms with Crippen molar-refractivity contribution in [3.8, 4) is 0 Å². The second-order valence-corrected chi connectivity index (χ2v) is 6.02. The summed E-state index contributed by atoms with van der Waals surface area (Å²) in [6.45, 7) is 5.61. The third-order valence-electron chi connectivity index (χ3n) is 4.48. The van der Waals surface area contributed by atoms with Crippen molar-refractivity contribution in [2.75, 3.05) is 24.6 Å². The molecule has 1 amide bonds. The number of hydrogen-bond acceptors (Lipinski definition) is 5. The second kappa shape index (κ2) is 8.08. The maximum absolute atomic E-state index is 12.5. The number of carbonyl (C=O) groups excluding carboxylic acids is 1. The van der Waals surface area contributed by atoms with Gasteiger partial charge in [0.15, 0.2) is 0 Å². The maximum atomic E-state index is 12.5. The molecule has 6 heteroatoms. The number of hydrogen-bond donors (Lipinski definition) is 2. The van der Waals surface area contributed by atoms with E-state index >= 15 is 0 Å². The van der Waals surface area contributed by atoms with Crippen molar-refractivity contribution in [1.29, 1.82) is 0 Å². The molecular weight excluding hydrogens is 280 g/mol. The molecule has 3 atom stereocenters. The third-order valence-corrected chi connectivity index (χ3v) is 4.48. The molecule has 1 aliphatic rings. The standard InChI is InChI=1S/C16H26N4O2/c1-3-12(2)14(11-21)19-15(22)13-6-4-9-20(10-13)16-17-7-5-8-18-16/h5,7-8,12-14,21H,3-4,6,9-11H2,1-2H3,(H,19,22)/t12-,13+,14-/m1/s1. The second-order valence-electron chi connectivity index (χ2n) is 6.02. The molecule has 1 aromatic heterocycles. The van der Waals surface area contributed by atoms with Crippen molar-refractivity contribution >= 4 is 11.9 Å². The topological polar surface area (TPSA) is 78.4 Å². The highest BCUT2D eigenvalue weighted by atomic mass is 16.3. The number of carbonyl (C=O) groups is 1. The summed E-state index contributed by atoms with van der Waals surface area (Å²) in [7, 11) is 0. The monoisotopic (exact) mass is 306 g/mol. The number of aromatic nitrogens is 2. The molecule has 0 bridgehead atoms. The minimum atomic E-state index is -0.166. The van der Waals surface area contributed by atoms with Crippen LogP contribution in [-0.2, 0) is 4.79 Å². The summed E-state index contributed by atoms with van der Waals surface area (Å²) < 4.78 is 0. The Labute approximate surface area is 132 Å². The molecule has 0 aliphatic carbocycles. The molecule has 2 heterocycles. The van der Waals surface area contributed by atoms with Gasteiger partial charge in [-0.15, -0.1) is 0 Å². The Hall–Kier alpha value is -1.69. The zero-order valence-electron chi connectivity index (χ0n) is 13.4. The molecule has 0 saturated carbocycles. The van der Waals surface area contributed by atoms with Gasteiger partial charge in [0.2, 0.25) is 11.9 Å². The van der Waals surface area contributed by atoms with E-state index in [1.165, 1.54) is 0 Å². The van der Waals surface area contributed by atoms with Gasteiger partial charge in [-0.1, -0.05) is 20.3 Å². The normalized spacial score (nSPS) is 21.2. The quantitative estimate of drug-likeness (QED) is 0.826. The number of anilines is 1. The van der Waals surface area contributed by atoms with E-state index in [4.69, 9.17) is 0 Å². The van der Waals surface area contributed by atoms with Gasteiger partial charge in [-0.25, -0.2) is 9.97 Å². The average molecular weight is 306 g/mol. The van der Waals surface area contributed by atoms with E-state index in [1.54, 1.807) is 18.5 Å². The molecular formula is C16H26N4O2. The van der Waals surface area contributed by atoms with Crippen molar-refractivity contribution in [3.63, 3.8) is 0 Å². The first-order chi connectivity index (χ1) is 10.7. The molecule has 1 aromatic rings. The minimum absolute atomic E-state index is 0.0149. The Morgan fingerprint density at radius 3 is 2.86 bits per heavy atom. The first kappa shape index (κ1) is 16.7. The fourth-order valence-electron chi connectivity index (χ4n) is 2.78. The summed E-state index contributed by atoms with van der Waals surface area (Å²) in [4.78, 5) is 23.1. The third kappa shape index (κ3) is 4.16. The number of nitrogens with one attached hydrogen (secondary N) is 1. The number of nitrogens with zero attached hydrogens (tertiary/aromatic N) is 3. The van der Waals surface area contributed by atoms with Crippen LogP contribution in [-0.4, -0.2) is 46.7 Å². The lowest BCUT2D eigenvalue weighted by atomic mass is 9.95. The van der Waals surface area contributed by atoms with Crippen molar-refractivity contribution in [2.24, 2.45) is 11.8 Å². The predicted molar refractivity (Wildman–Crippen MR) is 85.4 cm³/mol. The molecule has 1 saturated heterocycles. The van der Waals surface area contributed by atoms with Crippen LogP contribution in [0.3, 0.4) is 0 Å². The fourth-order valence-corrected chi connectivity index (χ4v) is 2.78. The van der Waals surface area contributed by atoms with Crippen LogP contribution in [0.15, 0.2) is 18.5 Å². The highest BCUT2D eigenvalue weighted by molar-refractivity contribution is 5.79. The Morgan fingerprint density at radius 2 is 2.23 bits per heavy atom. The molecule has 22 heavy (non-hydrogen) atoms. The lowest BCUT2D eigenvalue weighted by Crippen LogP contribution is -2.49. The van der Waals surface area contributed by atoms with Gasteiger partial charge in [-0.2, -0.15) is 0 Å². The number of aliphatic hydroxyl groups excluding tert-OH is 1. The van der Waals surface area contributed by atoms with Gasteiger partial charge in [0, 0.05) is 25.5 Å². The van der Waals surface area contributed by atoms with Crippen LogP contribution in [0.2, 0.25) is 0 Å². The molecule has 1 fully saturated rings. The van der Waals surface area contributed by atoms with E-state index < -0.39 is 0 Å². The molecule has 0 unspecified atom stereocenters. The summed E-state index contributed by atoms with van der Waals surface area (Å²) in [5, 5.41) is 12.5. The van der Waals surface area contributed by atoms with Crippen molar-refractivity contribution in [3.05, 3.63) is 18.5 Å². The van der Waals surface area contributed by atoms with Gasteiger partial charge in [-0.3, -0.25) is 4.79 Å². The van der Waals surface area contributed by atoms with Crippen molar-refractivity contribution < 1.29 is 9.90 Å². The van der Waals surface area contributed by atoms with E-state index in [1.807, 2.05) is 6.92 Å². The fraction of sp³-hybridized carbons (Fsp3) is 0.688. The Balaban J connectivity index is 1.95. The number of piperidine rings is 1. The molecule has 0 aromatic carbocycles. The largest absolute Gasteiger partial charge is 0.394 e. The van der Waals surface area contributed by atoms with Gasteiger partial charge < -0.3 is 15.3 Å². The average Bonchev–Trinajstić information content (AvgIpc) is 2.59. The number of aliphatic hydroxyl groups is 1. The Kier molecular flexibility index (Phi) is 6.12. The van der Waals surface area contributed by atoms with Gasteiger partial charge in [-0.05, 0) is 24.8 Å². The first-order valence-corrected chi connectivity index (χ1v) is 8.08. The van der Waals surface area contributed by atoms with Gasteiger partial charge >= 0.3 is 0 Å². The van der Waals surface area contributed by atoms with Gasteiger partial charge in [0.1, 0.15) is 0 Å². The zero-order valence-corrected chi connectivity index (χ0v) is 13.4. The van der Waals surface area contributed by atoms with Gasteiger partial charge in [0.05, 0.1) is 18.6 Å². The lowest BCUT2D eigenvalue weighted by molar-refractivity contribution is -0.126. The lowest BCUT2D eigenvalue weighted by Gasteiger charge is -2.33. The summed E-state index contributed by atoms with van der Waals surface area (Å²) >= 11 is 0. The van der Waals surface area contributed by atoms with Gasteiger partial charge in [0.25, 0.3) is 0 Å². The highest BCUT2D eigenvalue weighted by Gasteiger charge is 2.29. The van der Waals surface area contributed by atoms with Crippen LogP contribution in [0.25, 0.3) is 0 Å². The SMILES string of the molecule is CC[C@@H](C)[C@@H](CO)NC(=O)[C@H]1CCCN(c2ncccn2)C1. The highest BCUT2D eigenvalue weighted by Crippen LogP contribution is 2.20. The smallest absolute Gasteiger partial charge is 0.225 e. The summed E-state index contributed by atoms with van der Waals surface area (Å²) in [6, 6.07) is 1.62. The summed E-state index contributed by atoms with van der Waals surface area (Å²) in [6.07, 6.45) is 6.19. The Bertz CT molecular complexity index is 468. The summed E-state index contributed by atoms with van der Waals surface area (Å²) in [5.74, 6) is 0.905. The molecule has 0 radical (unpaired) electrons. The predicted octanol–water partition coefficient (Wildman–Crippen LogP) is 1.22. The molecule has 1 aliphatic heterocycles. The van der Waals surface area contributed by atoms with Crippen LogP contribution in [0.1, 0.15) is 33.1 Å².